The highest BCUT2D eigenvalue weighted by atomic mass is 35.5. The maximum absolute atomic E-state index is 13.4. The molecule has 0 radical (unpaired) electrons. The van der Waals surface area contributed by atoms with Gasteiger partial charge in [0.05, 0.1) is 38.6 Å². The first kappa shape index (κ1) is 20.6. The van der Waals surface area contributed by atoms with Crippen molar-refractivity contribution in [3.63, 3.8) is 0 Å². The molecule has 5 nitrogen and oxygen atoms in total. The van der Waals surface area contributed by atoms with Crippen LogP contribution in [-0.4, -0.2) is 18.2 Å². The second-order valence-corrected chi connectivity index (χ2v) is 8.63. The Labute approximate surface area is 170 Å². The molecule has 0 bridgehead atoms. The van der Waals surface area contributed by atoms with Gasteiger partial charge in [-0.15, -0.1) is 0 Å². The summed E-state index contributed by atoms with van der Waals surface area (Å²) in [6.07, 6.45) is 0. The van der Waals surface area contributed by atoms with Crippen molar-refractivity contribution in [3.05, 3.63) is 75.0 Å². The molecule has 10 heteroatoms. The van der Waals surface area contributed by atoms with Gasteiger partial charge in [0.2, 0.25) is 0 Å². The number of rotatable bonds is 5. The van der Waals surface area contributed by atoms with E-state index in [1.807, 2.05) is 0 Å². The van der Waals surface area contributed by atoms with Gasteiger partial charge in [-0.1, -0.05) is 29.3 Å². The van der Waals surface area contributed by atoms with Gasteiger partial charge in [-0.25, -0.2) is 17.2 Å². The fourth-order valence-electron chi connectivity index (χ4n) is 2.65. The van der Waals surface area contributed by atoms with E-state index in [2.05, 4.69) is 9.82 Å². The van der Waals surface area contributed by atoms with Crippen LogP contribution in [0.25, 0.3) is 0 Å². The molecule has 0 saturated carbocycles. The largest absolute Gasteiger partial charge is 0.276 e. The molecule has 0 atom stereocenters. The van der Waals surface area contributed by atoms with E-state index in [0.29, 0.717) is 34.0 Å². The molecule has 1 aromatic heterocycles. The Morgan fingerprint density at radius 1 is 1.04 bits per heavy atom. The van der Waals surface area contributed by atoms with Gasteiger partial charge < -0.3 is 0 Å². The van der Waals surface area contributed by atoms with Crippen molar-refractivity contribution in [1.29, 1.82) is 0 Å². The molecular weight excluding hydrogens is 431 g/mol. The number of halogens is 4. The van der Waals surface area contributed by atoms with Crippen LogP contribution in [0, 0.1) is 25.5 Å². The van der Waals surface area contributed by atoms with Crippen LogP contribution in [0.1, 0.15) is 17.0 Å². The van der Waals surface area contributed by atoms with Crippen molar-refractivity contribution in [1.82, 2.24) is 9.78 Å². The van der Waals surface area contributed by atoms with Crippen molar-refractivity contribution in [3.8, 4) is 0 Å². The summed E-state index contributed by atoms with van der Waals surface area (Å²) in [5.74, 6) is -2.37. The van der Waals surface area contributed by atoms with E-state index in [1.54, 1.807) is 36.7 Å². The summed E-state index contributed by atoms with van der Waals surface area (Å²) in [6.45, 7) is 3.68. The standard InChI is InChI=1S/C18H15Cl2F2N3O2S/c1-10-18(24-28(26,27)13-4-6-16(21)17(22)8-13)11(2)25(23-10)9-12-3-5-14(19)15(20)7-12/h3-8,24H,9H2,1-2H3. The summed E-state index contributed by atoms with van der Waals surface area (Å²) < 4.78 is 55.6. The summed E-state index contributed by atoms with van der Waals surface area (Å²) in [4.78, 5) is -0.387. The molecule has 0 aliphatic carbocycles. The number of hydrogen-bond acceptors (Lipinski definition) is 3. The van der Waals surface area contributed by atoms with E-state index >= 15 is 0 Å². The molecule has 3 rings (SSSR count). The van der Waals surface area contributed by atoms with E-state index in [9.17, 15) is 17.2 Å². The molecule has 0 fully saturated rings. The monoisotopic (exact) mass is 445 g/mol. The lowest BCUT2D eigenvalue weighted by Gasteiger charge is -2.10. The zero-order valence-electron chi connectivity index (χ0n) is 14.8. The van der Waals surface area contributed by atoms with Crippen LogP contribution in [-0.2, 0) is 16.6 Å². The highest BCUT2D eigenvalue weighted by Crippen LogP contribution is 2.26. The minimum atomic E-state index is -4.12. The van der Waals surface area contributed by atoms with Crippen molar-refractivity contribution >= 4 is 38.9 Å². The van der Waals surface area contributed by atoms with Gasteiger partial charge in [0, 0.05) is 0 Å². The molecule has 0 spiro atoms. The fourth-order valence-corrected chi connectivity index (χ4v) is 4.16. The minimum absolute atomic E-state index is 0.268. The number of anilines is 1. The first-order valence-electron chi connectivity index (χ1n) is 8.04. The van der Waals surface area contributed by atoms with Crippen LogP contribution in [0.2, 0.25) is 10.0 Å². The third-order valence-electron chi connectivity index (χ3n) is 4.14. The smallest absolute Gasteiger partial charge is 0.262 e. The lowest BCUT2D eigenvalue weighted by atomic mass is 10.2. The molecule has 0 amide bonds. The van der Waals surface area contributed by atoms with Gasteiger partial charge in [0.25, 0.3) is 10.0 Å². The molecule has 2 aromatic carbocycles. The molecule has 3 aromatic rings. The number of sulfonamides is 1. The Morgan fingerprint density at radius 2 is 1.75 bits per heavy atom. The second kappa shape index (κ2) is 7.69. The summed E-state index contributed by atoms with van der Waals surface area (Å²) >= 11 is 11.9. The van der Waals surface area contributed by atoms with Gasteiger partial charge in [-0.3, -0.25) is 9.40 Å². The average Bonchev–Trinajstić information content (AvgIpc) is 2.87. The quantitative estimate of drug-likeness (QED) is 0.604. The van der Waals surface area contributed by atoms with Crippen molar-refractivity contribution in [2.75, 3.05) is 4.72 Å². The Bertz CT molecular complexity index is 1160. The first-order chi connectivity index (χ1) is 13.1. The maximum atomic E-state index is 13.4. The lowest BCUT2D eigenvalue weighted by molar-refractivity contribution is 0.504. The van der Waals surface area contributed by atoms with E-state index in [-0.39, 0.29) is 10.6 Å². The summed E-state index contributed by atoms with van der Waals surface area (Å²) in [5.41, 5.74) is 2.08. The topological polar surface area (TPSA) is 64.0 Å². The predicted molar refractivity (Wildman–Crippen MR) is 104 cm³/mol. The Hall–Kier alpha value is -2.16. The van der Waals surface area contributed by atoms with Gasteiger partial charge in [0.1, 0.15) is 0 Å². The molecule has 0 aliphatic rings. The van der Waals surface area contributed by atoms with Crippen LogP contribution in [0.5, 0.6) is 0 Å². The Morgan fingerprint density at radius 3 is 2.39 bits per heavy atom. The molecule has 0 aliphatic heterocycles. The molecule has 148 valence electrons. The number of benzene rings is 2. The van der Waals surface area contributed by atoms with Crippen LogP contribution in [0.3, 0.4) is 0 Å². The third-order valence-corrected chi connectivity index (χ3v) is 6.22. The van der Waals surface area contributed by atoms with Gasteiger partial charge >= 0.3 is 0 Å². The number of nitrogens with zero attached hydrogens (tertiary/aromatic N) is 2. The zero-order valence-corrected chi connectivity index (χ0v) is 17.1. The van der Waals surface area contributed by atoms with Crippen molar-refractivity contribution in [2.45, 2.75) is 25.3 Å². The summed E-state index contributed by atoms with van der Waals surface area (Å²) in [7, 11) is -4.12. The maximum Gasteiger partial charge on any atom is 0.262 e. The highest BCUT2D eigenvalue weighted by Gasteiger charge is 2.21. The van der Waals surface area contributed by atoms with E-state index in [4.69, 9.17) is 23.2 Å². The predicted octanol–water partition coefficient (Wildman–Crippen LogP) is 4.93. The molecule has 1 heterocycles. The van der Waals surface area contributed by atoms with E-state index in [1.165, 1.54) is 0 Å². The summed E-state index contributed by atoms with van der Waals surface area (Å²) in [6, 6.07) is 7.53. The molecule has 0 saturated heterocycles. The lowest BCUT2D eigenvalue weighted by Crippen LogP contribution is -2.15. The molecular formula is C18H15Cl2F2N3O2S. The highest BCUT2D eigenvalue weighted by molar-refractivity contribution is 7.92. The number of aryl methyl sites for hydroxylation is 1. The normalized spacial score (nSPS) is 11.6. The number of aromatic nitrogens is 2. The Balaban J connectivity index is 1.90. The first-order valence-corrected chi connectivity index (χ1v) is 10.3. The third kappa shape index (κ3) is 4.14. The average molecular weight is 446 g/mol. The molecule has 0 unspecified atom stereocenters. The second-order valence-electron chi connectivity index (χ2n) is 6.13. The SMILES string of the molecule is Cc1nn(Cc2ccc(Cl)c(Cl)c2)c(C)c1NS(=O)(=O)c1ccc(F)c(F)c1. The van der Waals surface area contributed by atoms with E-state index in [0.717, 1.165) is 17.7 Å². The Kier molecular flexibility index (Phi) is 5.65. The van der Waals surface area contributed by atoms with E-state index < -0.39 is 21.7 Å². The summed E-state index contributed by atoms with van der Waals surface area (Å²) in [5, 5.41) is 5.18. The minimum Gasteiger partial charge on any atom is -0.276 e. The van der Waals surface area contributed by atoms with Crippen LogP contribution in [0.4, 0.5) is 14.5 Å². The van der Waals surface area contributed by atoms with Crippen LogP contribution in [0.15, 0.2) is 41.3 Å². The van der Waals surface area contributed by atoms with Crippen molar-refractivity contribution in [2.24, 2.45) is 0 Å². The molecule has 1 N–H and O–H groups in total. The van der Waals surface area contributed by atoms with Crippen LogP contribution < -0.4 is 4.72 Å². The van der Waals surface area contributed by atoms with Crippen LogP contribution >= 0.6 is 23.2 Å². The molecule has 28 heavy (non-hydrogen) atoms. The fraction of sp³-hybridized carbons (Fsp3) is 0.167. The van der Waals surface area contributed by atoms with Gasteiger partial charge in [0.15, 0.2) is 11.6 Å². The van der Waals surface area contributed by atoms with Gasteiger partial charge in [-0.05, 0) is 49.7 Å². The number of nitrogens with one attached hydrogen (secondary N) is 1. The zero-order chi connectivity index (χ0) is 20.6. The number of hydrogen-bond donors (Lipinski definition) is 1. The van der Waals surface area contributed by atoms with Crippen molar-refractivity contribution < 1.29 is 17.2 Å². The van der Waals surface area contributed by atoms with Gasteiger partial charge in [-0.2, -0.15) is 5.10 Å².